The minimum Gasteiger partial charge on any atom is -0.397 e. The smallest absolute Gasteiger partial charge is 0.397 e. The number of aromatic nitrogens is 5. The van der Waals surface area contributed by atoms with Crippen molar-refractivity contribution in [3.8, 4) is 0 Å². The molecule has 156 valence electrons. The standard InChI is InChI=1S/C15H13BrF3N7.C2H6O/c16-10-1-2-11(20-9-10)24-5-7-25(8-6-24)13-4-3-12-21-22-14(15(17,18)19)26(12)23-13;1-2-3/h1-4,9H,5-8H2;3H,2H2,1H3. The third kappa shape index (κ3) is 4.93. The van der Waals surface area contributed by atoms with Crippen molar-refractivity contribution in [2.75, 3.05) is 42.6 Å². The van der Waals surface area contributed by atoms with Crippen LogP contribution in [0.2, 0.25) is 0 Å². The van der Waals surface area contributed by atoms with E-state index in [1.807, 2.05) is 17.0 Å². The van der Waals surface area contributed by atoms with Gasteiger partial charge in [-0.25, -0.2) is 4.98 Å². The fraction of sp³-hybridized carbons (Fsp3) is 0.412. The second-order valence-electron chi connectivity index (χ2n) is 6.11. The quantitative estimate of drug-likeness (QED) is 0.612. The van der Waals surface area contributed by atoms with E-state index in [2.05, 4.69) is 41.1 Å². The molecular weight excluding hydrogens is 455 g/mol. The first-order valence-electron chi connectivity index (χ1n) is 8.85. The molecule has 0 atom stereocenters. The third-order valence-corrected chi connectivity index (χ3v) is 4.61. The molecule has 0 spiro atoms. The average Bonchev–Trinajstić information content (AvgIpc) is 3.13. The van der Waals surface area contributed by atoms with E-state index in [0.29, 0.717) is 32.0 Å². The van der Waals surface area contributed by atoms with E-state index in [9.17, 15) is 13.2 Å². The highest BCUT2D eigenvalue weighted by Gasteiger charge is 2.37. The monoisotopic (exact) mass is 473 g/mol. The lowest BCUT2D eigenvalue weighted by atomic mass is 10.3. The fourth-order valence-electron chi connectivity index (χ4n) is 2.84. The Morgan fingerprint density at radius 1 is 1.00 bits per heavy atom. The van der Waals surface area contributed by atoms with Gasteiger partial charge >= 0.3 is 6.18 Å². The van der Waals surface area contributed by atoms with Crippen molar-refractivity contribution in [2.24, 2.45) is 0 Å². The SMILES string of the molecule is CCO.FC(F)(F)c1nnc2ccc(N3CCN(c4ccc(Br)cn4)CC3)nn12. The number of alkyl halides is 3. The van der Waals surface area contributed by atoms with Gasteiger partial charge in [-0.3, -0.25) is 0 Å². The maximum atomic E-state index is 13.0. The van der Waals surface area contributed by atoms with Crippen LogP contribution in [0.15, 0.2) is 34.9 Å². The summed E-state index contributed by atoms with van der Waals surface area (Å²) in [7, 11) is 0. The highest BCUT2D eigenvalue weighted by atomic mass is 79.9. The Balaban J connectivity index is 0.000000755. The summed E-state index contributed by atoms with van der Waals surface area (Å²) in [6, 6.07) is 7.01. The average molecular weight is 474 g/mol. The topological polar surface area (TPSA) is 82.7 Å². The van der Waals surface area contributed by atoms with Crippen LogP contribution >= 0.6 is 15.9 Å². The maximum absolute atomic E-state index is 13.0. The number of halogens is 4. The number of fused-ring (bicyclic) bond motifs is 1. The van der Waals surface area contributed by atoms with Crippen LogP contribution in [0.4, 0.5) is 24.8 Å². The molecule has 0 aliphatic carbocycles. The van der Waals surface area contributed by atoms with Crippen molar-refractivity contribution in [3.05, 3.63) is 40.8 Å². The summed E-state index contributed by atoms with van der Waals surface area (Å²) in [5.41, 5.74) is 0.0683. The van der Waals surface area contributed by atoms with E-state index in [-0.39, 0.29) is 12.3 Å². The molecule has 4 rings (SSSR count). The molecular formula is C17H19BrF3N7O. The van der Waals surface area contributed by atoms with Gasteiger partial charge in [-0.15, -0.1) is 15.3 Å². The van der Waals surface area contributed by atoms with Crippen LogP contribution in [-0.2, 0) is 6.18 Å². The molecule has 1 saturated heterocycles. The van der Waals surface area contributed by atoms with Gasteiger partial charge < -0.3 is 14.9 Å². The molecule has 0 bridgehead atoms. The molecule has 29 heavy (non-hydrogen) atoms. The van der Waals surface area contributed by atoms with Gasteiger partial charge in [0, 0.05) is 43.5 Å². The molecule has 3 aromatic rings. The normalized spacial score (nSPS) is 14.7. The van der Waals surface area contributed by atoms with Gasteiger partial charge in [-0.05, 0) is 47.1 Å². The highest BCUT2D eigenvalue weighted by molar-refractivity contribution is 9.10. The van der Waals surface area contributed by atoms with Crippen molar-refractivity contribution in [2.45, 2.75) is 13.1 Å². The lowest BCUT2D eigenvalue weighted by Crippen LogP contribution is -2.47. The molecule has 0 radical (unpaired) electrons. The Morgan fingerprint density at radius 3 is 2.14 bits per heavy atom. The van der Waals surface area contributed by atoms with E-state index in [1.165, 1.54) is 6.07 Å². The first-order chi connectivity index (χ1) is 13.8. The van der Waals surface area contributed by atoms with E-state index >= 15 is 0 Å². The van der Waals surface area contributed by atoms with Crippen molar-refractivity contribution in [3.63, 3.8) is 0 Å². The number of nitrogens with zero attached hydrogens (tertiary/aromatic N) is 7. The summed E-state index contributed by atoms with van der Waals surface area (Å²) in [5, 5.41) is 18.4. The van der Waals surface area contributed by atoms with E-state index < -0.39 is 12.0 Å². The van der Waals surface area contributed by atoms with Crippen molar-refractivity contribution < 1.29 is 18.3 Å². The molecule has 3 aromatic heterocycles. The Bertz CT molecular complexity index is 940. The van der Waals surface area contributed by atoms with Gasteiger partial charge in [0.1, 0.15) is 11.6 Å². The second kappa shape index (κ2) is 8.91. The predicted molar refractivity (Wildman–Crippen MR) is 105 cm³/mol. The molecule has 1 aliphatic rings. The zero-order chi connectivity index (χ0) is 21.0. The minimum atomic E-state index is -4.60. The van der Waals surface area contributed by atoms with Crippen LogP contribution in [0.25, 0.3) is 5.65 Å². The zero-order valence-corrected chi connectivity index (χ0v) is 17.1. The van der Waals surface area contributed by atoms with Crippen molar-refractivity contribution >= 4 is 33.2 Å². The molecule has 0 amide bonds. The van der Waals surface area contributed by atoms with Crippen LogP contribution in [-0.4, -0.2) is 62.7 Å². The summed E-state index contributed by atoms with van der Waals surface area (Å²) in [4.78, 5) is 8.44. The lowest BCUT2D eigenvalue weighted by Gasteiger charge is -2.35. The Hall–Kier alpha value is -2.47. The van der Waals surface area contributed by atoms with Gasteiger partial charge in [0.25, 0.3) is 5.82 Å². The van der Waals surface area contributed by atoms with Crippen LogP contribution in [0.3, 0.4) is 0 Å². The molecule has 12 heteroatoms. The summed E-state index contributed by atoms with van der Waals surface area (Å²) in [6.07, 6.45) is -2.86. The first-order valence-corrected chi connectivity index (χ1v) is 9.64. The Morgan fingerprint density at radius 2 is 1.59 bits per heavy atom. The molecule has 1 aliphatic heterocycles. The van der Waals surface area contributed by atoms with E-state index in [1.54, 1.807) is 19.2 Å². The summed E-state index contributed by atoms with van der Waals surface area (Å²) >= 11 is 3.36. The molecule has 0 saturated carbocycles. The van der Waals surface area contributed by atoms with Crippen molar-refractivity contribution in [1.82, 2.24) is 24.8 Å². The molecule has 1 N–H and O–H groups in total. The molecule has 0 aromatic carbocycles. The largest absolute Gasteiger partial charge is 0.453 e. The molecule has 0 unspecified atom stereocenters. The number of rotatable bonds is 2. The van der Waals surface area contributed by atoms with Gasteiger partial charge in [-0.2, -0.15) is 17.7 Å². The second-order valence-corrected chi connectivity index (χ2v) is 7.02. The zero-order valence-electron chi connectivity index (χ0n) is 15.5. The first kappa shape index (κ1) is 21.2. The molecule has 4 heterocycles. The van der Waals surface area contributed by atoms with Gasteiger partial charge in [0.05, 0.1) is 0 Å². The summed E-state index contributed by atoms with van der Waals surface area (Å²) in [6.45, 7) is 4.57. The van der Waals surface area contributed by atoms with Gasteiger partial charge in [-0.1, -0.05) is 0 Å². The van der Waals surface area contributed by atoms with Crippen LogP contribution < -0.4 is 9.80 Å². The van der Waals surface area contributed by atoms with Gasteiger partial charge in [0.2, 0.25) is 0 Å². The summed E-state index contributed by atoms with van der Waals surface area (Å²) in [5.74, 6) is 0.215. The van der Waals surface area contributed by atoms with Crippen LogP contribution in [0.1, 0.15) is 12.7 Å². The number of hydrogen-bond donors (Lipinski definition) is 1. The Kier molecular flexibility index (Phi) is 6.52. The summed E-state index contributed by atoms with van der Waals surface area (Å²) < 4.78 is 40.7. The van der Waals surface area contributed by atoms with Crippen LogP contribution in [0, 0.1) is 0 Å². The number of anilines is 2. The molecule has 1 fully saturated rings. The fourth-order valence-corrected chi connectivity index (χ4v) is 3.08. The number of aliphatic hydroxyl groups excluding tert-OH is 1. The number of pyridine rings is 1. The van der Waals surface area contributed by atoms with E-state index in [4.69, 9.17) is 5.11 Å². The highest BCUT2D eigenvalue weighted by Crippen LogP contribution is 2.28. The predicted octanol–water partition coefficient (Wildman–Crippen LogP) is 2.63. The number of piperazine rings is 1. The van der Waals surface area contributed by atoms with E-state index in [0.717, 1.165) is 14.8 Å². The Labute approximate surface area is 173 Å². The minimum absolute atomic E-state index is 0.0683. The third-order valence-electron chi connectivity index (χ3n) is 4.14. The number of hydrogen-bond acceptors (Lipinski definition) is 7. The van der Waals surface area contributed by atoms with Gasteiger partial charge in [0.15, 0.2) is 5.65 Å². The van der Waals surface area contributed by atoms with Crippen molar-refractivity contribution in [1.29, 1.82) is 0 Å². The van der Waals surface area contributed by atoms with Crippen LogP contribution in [0.5, 0.6) is 0 Å². The maximum Gasteiger partial charge on any atom is 0.453 e. The molecule has 8 nitrogen and oxygen atoms in total. The number of aliphatic hydroxyl groups is 1. The lowest BCUT2D eigenvalue weighted by molar-refractivity contribution is -0.146.